The molecule has 5 heteroatoms. The first-order valence-electron chi connectivity index (χ1n) is 6.73. The average molecular weight is 299 g/mol. The Morgan fingerprint density at radius 2 is 1.85 bits per heavy atom. The van der Waals surface area contributed by atoms with Crippen LogP contribution >= 0.6 is 11.6 Å². The number of amides is 2. The molecule has 1 aromatic carbocycles. The van der Waals surface area contributed by atoms with Gasteiger partial charge in [0.15, 0.2) is 0 Å². The van der Waals surface area contributed by atoms with E-state index in [1.54, 1.807) is 12.1 Å². The Labute approximate surface area is 125 Å². The van der Waals surface area contributed by atoms with Gasteiger partial charge < -0.3 is 15.7 Å². The Morgan fingerprint density at radius 1 is 1.25 bits per heavy atom. The molecule has 0 aliphatic heterocycles. The maximum Gasteiger partial charge on any atom is 0.315 e. The molecule has 3 N–H and O–H groups in total. The van der Waals surface area contributed by atoms with Gasteiger partial charge in [-0.1, -0.05) is 44.5 Å². The minimum Gasteiger partial charge on any atom is -0.393 e. The van der Waals surface area contributed by atoms with Gasteiger partial charge in [0, 0.05) is 18.1 Å². The summed E-state index contributed by atoms with van der Waals surface area (Å²) in [6.45, 7) is 6.81. The highest BCUT2D eigenvalue weighted by Gasteiger charge is 2.21. The third-order valence-corrected chi connectivity index (χ3v) is 3.32. The highest BCUT2D eigenvalue weighted by molar-refractivity contribution is 6.30. The maximum atomic E-state index is 11.6. The first kappa shape index (κ1) is 16.8. The first-order valence-corrected chi connectivity index (χ1v) is 7.11. The van der Waals surface area contributed by atoms with Crippen LogP contribution in [0.2, 0.25) is 5.02 Å². The lowest BCUT2D eigenvalue weighted by atomic mass is 9.87. The van der Waals surface area contributed by atoms with E-state index in [9.17, 15) is 9.90 Å². The van der Waals surface area contributed by atoms with Gasteiger partial charge in [-0.05, 0) is 29.5 Å². The van der Waals surface area contributed by atoms with Crippen molar-refractivity contribution < 1.29 is 9.90 Å². The van der Waals surface area contributed by atoms with E-state index in [0.29, 0.717) is 24.5 Å². The lowest BCUT2D eigenvalue weighted by Gasteiger charge is -2.25. The Bertz CT molecular complexity index is 426. The van der Waals surface area contributed by atoms with Crippen LogP contribution in [0.4, 0.5) is 4.79 Å². The topological polar surface area (TPSA) is 61.4 Å². The normalized spacial score (nSPS) is 12.8. The second-order valence-corrected chi connectivity index (χ2v) is 6.34. The van der Waals surface area contributed by atoms with E-state index in [2.05, 4.69) is 10.6 Å². The Kier molecular flexibility index (Phi) is 6.30. The number of hydrogen-bond donors (Lipinski definition) is 3. The predicted octanol–water partition coefficient (Wildman–Crippen LogP) is 2.94. The number of aliphatic hydroxyl groups excluding tert-OH is 1. The zero-order chi connectivity index (χ0) is 15.2. The van der Waals surface area contributed by atoms with Gasteiger partial charge in [-0.3, -0.25) is 0 Å². The van der Waals surface area contributed by atoms with Gasteiger partial charge in [-0.25, -0.2) is 4.79 Å². The molecule has 112 valence electrons. The highest BCUT2D eigenvalue weighted by Crippen LogP contribution is 2.20. The summed E-state index contributed by atoms with van der Waals surface area (Å²) in [5.41, 5.74) is 0.820. The summed E-state index contributed by atoms with van der Waals surface area (Å²) in [7, 11) is 0. The molecule has 0 aromatic heterocycles. The fourth-order valence-electron chi connectivity index (χ4n) is 1.60. The minimum absolute atomic E-state index is 0.165. The smallest absolute Gasteiger partial charge is 0.315 e. The van der Waals surface area contributed by atoms with Gasteiger partial charge in [0.1, 0.15) is 0 Å². The van der Waals surface area contributed by atoms with Crippen LogP contribution in [0.3, 0.4) is 0 Å². The summed E-state index contributed by atoms with van der Waals surface area (Å²) < 4.78 is 0. The monoisotopic (exact) mass is 298 g/mol. The van der Waals surface area contributed by atoms with Crippen LogP contribution in [0.1, 0.15) is 32.8 Å². The van der Waals surface area contributed by atoms with Crippen molar-refractivity contribution in [1.82, 2.24) is 10.6 Å². The Balaban J connectivity index is 2.22. The van der Waals surface area contributed by atoms with E-state index in [4.69, 9.17) is 11.6 Å². The van der Waals surface area contributed by atoms with Crippen LogP contribution in [0.15, 0.2) is 24.3 Å². The van der Waals surface area contributed by atoms with E-state index in [-0.39, 0.29) is 11.4 Å². The molecule has 0 saturated carbocycles. The van der Waals surface area contributed by atoms with Gasteiger partial charge in [0.25, 0.3) is 0 Å². The molecule has 0 unspecified atom stereocenters. The second kappa shape index (κ2) is 7.50. The molecule has 0 fully saturated rings. The molecule has 2 amide bonds. The Hall–Kier alpha value is -1.26. The molecular weight excluding hydrogens is 276 g/mol. The predicted molar refractivity (Wildman–Crippen MR) is 81.8 cm³/mol. The fraction of sp³-hybridized carbons (Fsp3) is 0.533. The maximum absolute atomic E-state index is 11.6. The quantitative estimate of drug-likeness (QED) is 0.783. The van der Waals surface area contributed by atoms with Crippen LogP contribution in [0, 0.1) is 5.41 Å². The lowest BCUT2D eigenvalue weighted by Crippen LogP contribution is -2.38. The Morgan fingerprint density at radius 3 is 2.40 bits per heavy atom. The molecular formula is C15H23ClN2O2. The minimum atomic E-state index is -0.431. The van der Waals surface area contributed by atoms with Crippen LogP contribution in [0.5, 0.6) is 0 Å². The van der Waals surface area contributed by atoms with Gasteiger partial charge in [0.2, 0.25) is 0 Å². The third kappa shape index (κ3) is 6.26. The zero-order valence-corrected chi connectivity index (χ0v) is 13.0. The average Bonchev–Trinajstić information content (AvgIpc) is 2.37. The number of benzene rings is 1. The van der Waals surface area contributed by atoms with Gasteiger partial charge in [0.05, 0.1) is 6.10 Å². The van der Waals surface area contributed by atoms with Crippen LogP contribution in [-0.2, 0) is 6.54 Å². The van der Waals surface area contributed by atoms with Crippen molar-refractivity contribution in [3.05, 3.63) is 34.9 Å². The molecule has 0 aliphatic carbocycles. The van der Waals surface area contributed by atoms with Crippen molar-refractivity contribution in [2.24, 2.45) is 5.41 Å². The molecule has 0 heterocycles. The SMILES string of the molecule is CC(C)(C)[C@@H](O)CCNC(=O)NCc1ccc(Cl)cc1. The lowest BCUT2D eigenvalue weighted by molar-refractivity contribution is 0.0564. The third-order valence-electron chi connectivity index (χ3n) is 3.07. The van der Waals surface area contributed by atoms with Gasteiger partial charge >= 0.3 is 6.03 Å². The van der Waals surface area contributed by atoms with E-state index in [1.807, 2.05) is 32.9 Å². The molecule has 0 radical (unpaired) electrons. The molecule has 1 rings (SSSR count). The molecule has 20 heavy (non-hydrogen) atoms. The number of rotatable bonds is 5. The summed E-state index contributed by atoms with van der Waals surface area (Å²) in [6, 6.07) is 7.07. The fourth-order valence-corrected chi connectivity index (χ4v) is 1.73. The van der Waals surface area contributed by atoms with Crippen LogP contribution in [0.25, 0.3) is 0 Å². The first-order chi connectivity index (χ1) is 9.29. The van der Waals surface area contributed by atoms with Crippen molar-refractivity contribution in [2.45, 2.75) is 39.8 Å². The van der Waals surface area contributed by atoms with Crippen molar-refractivity contribution in [1.29, 1.82) is 0 Å². The zero-order valence-electron chi connectivity index (χ0n) is 12.2. The largest absolute Gasteiger partial charge is 0.393 e. The number of aliphatic hydroxyl groups is 1. The summed E-state index contributed by atoms with van der Waals surface area (Å²) in [4.78, 5) is 11.6. The summed E-state index contributed by atoms with van der Waals surface area (Å²) in [5, 5.41) is 16.0. The molecule has 0 spiro atoms. The molecule has 0 saturated heterocycles. The van der Waals surface area contributed by atoms with Crippen molar-refractivity contribution in [3.8, 4) is 0 Å². The van der Waals surface area contributed by atoms with E-state index in [1.165, 1.54) is 0 Å². The summed E-state index contributed by atoms with van der Waals surface area (Å²) in [6.07, 6.45) is 0.108. The van der Waals surface area contributed by atoms with E-state index >= 15 is 0 Å². The van der Waals surface area contributed by atoms with Crippen molar-refractivity contribution in [3.63, 3.8) is 0 Å². The van der Waals surface area contributed by atoms with Crippen molar-refractivity contribution in [2.75, 3.05) is 6.54 Å². The van der Waals surface area contributed by atoms with E-state index < -0.39 is 6.10 Å². The summed E-state index contributed by atoms with van der Waals surface area (Å²) in [5.74, 6) is 0. The second-order valence-electron chi connectivity index (χ2n) is 5.91. The number of carbonyl (C=O) groups is 1. The molecule has 0 bridgehead atoms. The number of halogens is 1. The highest BCUT2D eigenvalue weighted by atomic mass is 35.5. The molecule has 1 aromatic rings. The number of nitrogens with one attached hydrogen (secondary N) is 2. The van der Waals surface area contributed by atoms with Crippen LogP contribution < -0.4 is 10.6 Å². The van der Waals surface area contributed by atoms with Crippen molar-refractivity contribution >= 4 is 17.6 Å². The number of carbonyl (C=O) groups excluding carboxylic acids is 1. The number of hydrogen-bond acceptors (Lipinski definition) is 2. The standard InChI is InChI=1S/C15H23ClN2O2/c1-15(2,3)13(19)8-9-17-14(20)18-10-11-4-6-12(16)7-5-11/h4-7,13,19H,8-10H2,1-3H3,(H2,17,18,20)/t13-/m0/s1. The molecule has 1 atom stereocenters. The number of urea groups is 1. The molecule has 0 aliphatic rings. The summed E-state index contributed by atoms with van der Waals surface area (Å²) >= 11 is 5.79. The van der Waals surface area contributed by atoms with Gasteiger partial charge in [-0.15, -0.1) is 0 Å². The molecule has 4 nitrogen and oxygen atoms in total. The van der Waals surface area contributed by atoms with Crippen LogP contribution in [-0.4, -0.2) is 23.8 Å². The van der Waals surface area contributed by atoms with Gasteiger partial charge in [-0.2, -0.15) is 0 Å². The van der Waals surface area contributed by atoms with E-state index in [0.717, 1.165) is 5.56 Å².